The number of ether oxygens (including phenoxy) is 3. The Kier molecular flexibility index (Phi) is 6.36. The maximum Gasteiger partial charge on any atom is 0.262 e. The Labute approximate surface area is 158 Å². The summed E-state index contributed by atoms with van der Waals surface area (Å²) in [5.41, 5.74) is 1.57. The molecule has 1 heterocycles. The molecule has 5 nitrogen and oxygen atoms in total. The van der Waals surface area contributed by atoms with Gasteiger partial charge in [0.25, 0.3) is 5.91 Å². The number of halogens is 1. The van der Waals surface area contributed by atoms with E-state index >= 15 is 0 Å². The molecule has 1 aliphatic rings. The van der Waals surface area contributed by atoms with Crippen molar-refractivity contribution >= 4 is 23.2 Å². The van der Waals surface area contributed by atoms with Gasteiger partial charge in [0, 0.05) is 23.4 Å². The SMILES string of the molecule is Cc1cc(OCC(=O)Nc2cccc(OCC3CCCO3)c2)ccc1Cl. The zero-order chi connectivity index (χ0) is 18.4. The molecule has 0 radical (unpaired) electrons. The third-order valence-electron chi connectivity index (χ3n) is 4.08. The van der Waals surface area contributed by atoms with Crippen LogP contribution in [0.2, 0.25) is 5.02 Å². The molecule has 1 N–H and O–H groups in total. The average Bonchev–Trinajstić information content (AvgIpc) is 3.15. The van der Waals surface area contributed by atoms with Crippen molar-refractivity contribution in [3.63, 3.8) is 0 Å². The fourth-order valence-electron chi connectivity index (χ4n) is 2.68. The highest BCUT2D eigenvalue weighted by atomic mass is 35.5. The summed E-state index contributed by atoms with van der Waals surface area (Å²) in [5, 5.41) is 3.47. The number of hydrogen-bond acceptors (Lipinski definition) is 4. The van der Waals surface area contributed by atoms with Crippen molar-refractivity contribution in [2.24, 2.45) is 0 Å². The lowest BCUT2D eigenvalue weighted by Gasteiger charge is -2.13. The maximum absolute atomic E-state index is 12.1. The van der Waals surface area contributed by atoms with Crippen molar-refractivity contribution in [1.82, 2.24) is 0 Å². The Bertz CT molecular complexity index is 759. The fraction of sp³-hybridized carbons (Fsp3) is 0.350. The highest BCUT2D eigenvalue weighted by Crippen LogP contribution is 2.22. The van der Waals surface area contributed by atoms with Gasteiger partial charge < -0.3 is 19.5 Å². The van der Waals surface area contributed by atoms with E-state index in [0.717, 1.165) is 25.0 Å². The standard InChI is InChI=1S/C20H22ClNO4/c1-14-10-17(7-8-19(14)21)26-13-20(23)22-15-4-2-5-16(11-15)25-12-18-6-3-9-24-18/h2,4-5,7-8,10-11,18H,3,6,9,12-13H2,1H3,(H,22,23). The fourth-order valence-corrected chi connectivity index (χ4v) is 2.80. The number of carbonyl (C=O) groups is 1. The van der Waals surface area contributed by atoms with E-state index in [9.17, 15) is 4.79 Å². The predicted molar refractivity (Wildman–Crippen MR) is 101 cm³/mol. The van der Waals surface area contributed by atoms with Crippen LogP contribution in [0.3, 0.4) is 0 Å². The van der Waals surface area contributed by atoms with Gasteiger partial charge in [0.05, 0.1) is 6.10 Å². The van der Waals surface area contributed by atoms with Crippen LogP contribution in [0.1, 0.15) is 18.4 Å². The third-order valence-corrected chi connectivity index (χ3v) is 4.50. The monoisotopic (exact) mass is 375 g/mol. The van der Waals surface area contributed by atoms with E-state index in [-0.39, 0.29) is 18.6 Å². The highest BCUT2D eigenvalue weighted by Gasteiger charge is 2.16. The van der Waals surface area contributed by atoms with Crippen LogP contribution in [0.15, 0.2) is 42.5 Å². The molecular formula is C20H22ClNO4. The first-order valence-corrected chi connectivity index (χ1v) is 9.01. The molecule has 1 saturated heterocycles. The second kappa shape index (κ2) is 8.92. The molecule has 6 heteroatoms. The molecule has 0 aromatic heterocycles. The number of hydrogen-bond donors (Lipinski definition) is 1. The lowest BCUT2D eigenvalue weighted by atomic mass is 10.2. The van der Waals surface area contributed by atoms with Crippen LogP contribution < -0.4 is 14.8 Å². The van der Waals surface area contributed by atoms with Crippen molar-refractivity contribution in [3.05, 3.63) is 53.1 Å². The van der Waals surface area contributed by atoms with Gasteiger partial charge in [0.1, 0.15) is 18.1 Å². The Morgan fingerprint density at radius 1 is 1.23 bits per heavy atom. The van der Waals surface area contributed by atoms with E-state index in [4.69, 9.17) is 25.8 Å². The molecule has 2 aromatic carbocycles. The number of rotatable bonds is 7. The molecule has 3 rings (SSSR count). The van der Waals surface area contributed by atoms with E-state index in [2.05, 4.69) is 5.32 Å². The lowest BCUT2D eigenvalue weighted by molar-refractivity contribution is -0.118. The average molecular weight is 376 g/mol. The predicted octanol–water partition coefficient (Wildman–Crippen LogP) is 4.22. The van der Waals surface area contributed by atoms with E-state index in [1.54, 1.807) is 24.3 Å². The van der Waals surface area contributed by atoms with Gasteiger partial charge in [-0.1, -0.05) is 17.7 Å². The first kappa shape index (κ1) is 18.5. The molecular weight excluding hydrogens is 354 g/mol. The second-order valence-electron chi connectivity index (χ2n) is 6.22. The summed E-state index contributed by atoms with van der Waals surface area (Å²) in [4.78, 5) is 12.1. The largest absolute Gasteiger partial charge is 0.491 e. The molecule has 1 unspecified atom stereocenters. The van der Waals surface area contributed by atoms with Crippen LogP contribution in [0.5, 0.6) is 11.5 Å². The van der Waals surface area contributed by atoms with Crippen molar-refractivity contribution < 1.29 is 19.0 Å². The molecule has 138 valence electrons. The maximum atomic E-state index is 12.1. The number of benzene rings is 2. The normalized spacial score (nSPS) is 16.3. The first-order valence-electron chi connectivity index (χ1n) is 8.63. The van der Waals surface area contributed by atoms with Crippen molar-refractivity contribution in [3.8, 4) is 11.5 Å². The molecule has 0 spiro atoms. The number of anilines is 1. The van der Waals surface area contributed by atoms with Gasteiger partial charge in [-0.15, -0.1) is 0 Å². The molecule has 1 amide bonds. The topological polar surface area (TPSA) is 56.8 Å². The molecule has 0 aliphatic carbocycles. The minimum Gasteiger partial charge on any atom is -0.491 e. The first-order chi connectivity index (χ1) is 12.6. The van der Waals surface area contributed by atoms with Gasteiger partial charge in [0.2, 0.25) is 0 Å². The third kappa shape index (κ3) is 5.38. The van der Waals surface area contributed by atoms with Gasteiger partial charge in [0.15, 0.2) is 6.61 Å². The van der Waals surface area contributed by atoms with E-state index in [0.29, 0.717) is 28.8 Å². The van der Waals surface area contributed by atoms with Crippen LogP contribution in [0, 0.1) is 6.92 Å². The highest BCUT2D eigenvalue weighted by molar-refractivity contribution is 6.31. The van der Waals surface area contributed by atoms with Crippen LogP contribution in [-0.2, 0) is 9.53 Å². The Morgan fingerprint density at radius 3 is 2.85 bits per heavy atom. The smallest absolute Gasteiger partial charge is 0.262 e. The van der Waals surface area contributed by atoms with Crippen molar-refractivity contribution in [2.45, 2.75) is 25.9 Å². The van der Waals surface area contributed by atoms with Crippen LogP contribution in [0.25, 0.3) is 0 Å². The summed E-state index contributed by atoms with van der Waals surface area (Å²) in [6, 6.07) is 12.6. The zero-order valence-corrected chi connectivity index (χ0v) is 15.4. The number of nitrogens with one attached hydrogen (secondary N) is 1. The quantitative estimate of drug-likeness (QED) is 0.787. The molecule has 2 aromatic rings. The summed E-state index contributed by atoms with van der Waals surface area (Å²) >= 11 is 5.98. The molecule has 0 bridgehead atoms. The van der Waals surface area contributed by atoms with Crippen molar-refractivity contribution in [2.75, 3.05) is 25.1 Å². The van der Waals surface area contributed by atoms with Crippen molar-refractivity contribution in [1.29, 1.82) is 0 Å². The summed E-state index contributed by atoms with van der Waals surface area (Å²) < 4.78 is 16.8. The van der Waals surface area contributed by atoms with Gasteiger partial charge >= 0.3 is 0 Å². The lowest BCUT2D eigenvalue weighted by Crippen LogP contribution is -2.20. The van der Waals surface area contributed by atoms with E-state index < -0.39 is 0 Å². The number of amides is 1. The molecule has 1 atom stereocenters. The summed E-state index contributed by atoms with van der Waals surface area (Å²) in [7, 11) is 0. The summed E-state index contributed by atoms with van der Waals surface area (Å²) in [5.74, 6) is 1.07. The van der Waals surface area contributed by atoms with Gasteiger partial charge in [-0.25, -0.2) is 0 Å². The Hall–Kier alpha value is -2.24. The van der Waals surface area contributed by atoms with E-state index in [1.807, 2.05) is 25.1 Å². The van der Waals surface area contributed by atoms with Crippen LogP contribution in [-0.4, -0.2) is 31.8 Å². The van der Waals surface area contributed by atoms with Crippen LogP contribution in [0.4, 0.5) is 5.69 Å². The molecule has 1 fully saturated rings. The minimum atomic E-state index is -0.242. The molecule has 26 heavy (non-hydrogen) atoms. The summed E-state index contributed by atoms with van der Waals surface area (Å²) in [6.45, 7) is 3.13. The number of carbonyl (C=O) groups excluding carboxylic acids is 1. The minimum absolute atomic E-state index is 0.0813. The van der Waals surface area contributed by atoms with Gasteiger partial charge in [-0.3, -0.25) is 4.79 Å². The van der Waals surface area contributed by atoms with E-state index in [1.165, 1.54) is 0 Å². The second-order valence-corrected chi connectivity index (χ2v) is 6.63. The molecule has 1 aliphatic heterocycles. The molecule has 0 saturated carbocycles. The summed E-state index contributed by atoms with van der Waals surface area (Å²) in [6.07, 6.45) is 2.26. The number of aryl methyl sites for hydroxylation is 1. The van der Waals surface area contributed by atoms with Crippen LogP contribution >= 0.6 is 11.6 Å². The Morgan fingerprint density at radius 2 is 2.08 bits per heavy atom. The van der Waals surface area contributed by atoms with Gasteiger partial charge in [-0.2, -0.15) is 0 Å². The van der Waals surface area contributed by atoms with Gasteiger partial charge in [-0.05, 0) is 55.7 Å². The zero-order valence-electron chi connectivity index (χ0n) is 14.7. The Balaban J connectivity index is 1.48.